The number of fused-ring (bicyclic) bond motifs is 1. The van der Waals surface area contributed by atoms with Gasteiger partial charge in [-0.2, -0.15) is 0 Å². The predicted molar refractivity (Wildman–Crippen MR) is 60.3 cm³/mol. The zero-order valence-corrected chi connectivity index (χ0v) is 9.43. The number of benzene rings is 1. The third-order valence-electron chi connectivity index (χ3n) is 3.44. The van der Waals surface area contributed by atoms with Crippen LogP contribution in [0.25, 0.3) is 11.0 Å². The summed E-state index contributed by atoms with van der Waals surface area (Å²) in [6, 6.07) is 2.07. The van der Waals surface area contributed by atoms with Crippen LogP contribution in [0.5, 0.6) is 0 Å². The number of hydrogen-bond donors (Lipinski definition) is 2. The van der Waals surface area contributed by atoms with Crippen molar-refractivity contribution < 1.29 is 8.78 Å². The number of H-pyrrole nitrogens is 1. The molecule has 1 heterocycles. The number of hydrogen-bond acceptors (Lipinski definition) is 2. The van der Waals surface area contributed by atoms with Gasteiger partial charge in [0.15, 0.2) is 5.82 Å². The van der Waals surface area contributed by atoms with Crippen LogP contribution >= 0.6 is 0 Å². The van der Waals surface area contributed by atoms with Crippen LogP contribution in [0, 0.1) is 17.6 Å². The van der Waals surface area contributed by atoms with Gasteiger partial charge < -0.3 is 10.7 Å². The van der Waals surface area contributed by atoms with E-state index in [0.29, 0.717) is 17.3 Å². The van der Waals surface area contributed by atoms with E-state index < -0.39 is 17.2 Å². The van der Waals surface area contributed by atoms with Crippen LogP contribution in [-0.4, -0.2) is 9.97 Å². The summed E-state index contributed by atoms with van der Waals surface area (Å²) in [6.45, 7) is 1.87. The molecule has 1 aliphatic carbocycles. The maximum absolute atomic E-state index is 13.5. The Morgan fingerprint density at radius 1 is 1.41 bits per heavy atom. The van der Waals surface area contributed by atoms with E-state index >= 15 is 0 Å². The average Bonchev–Trinajstić information content (AvgIpc) is 2.99. The van der Waals surface area contributed by atoms with E-state index in [1.165, 1.54) is 6.07 Å². The van der Waals surface area contributed by atoms with Crippen LogP contribution in [-0.2, 0) is 5.54 Å². The summed E-state index contributed by atoms with van der Waals surface area (Å²) in [6.07, 6.45) is 2.11. The van der Waals surface area contributed by atoms with Crippen molar-refractivity contribution in [3.05, 3.63) is 29.6 Å². The fraction of sp³-hybridized carbons (Fsp3) is 0.417. The highest BCUT2D eigenvalue weighted by Gasteiger charge is 2.42. The second-order valence-corrected chi connectivity index (χ2v) is 4.93. The molecular formula is C12H13F2N3. The van der Waals surface area contributed by atoms with E-state index in [0.717, 1.165) is 18.9 Å². The van der Waals surface area contributed by atoms with E-state index in [2.05, 4.69) is 9.97 Å². The van der Waals surface area contributed by atoms with Gasteiger partial charge >= 0.3 is 0 Å². The molecule has 17 heavy (non-hydrogen) atoms. The van der Waals surface area contributed by atoms with Gasteiger partial charge in [0, 0.05) is 6.07 Å². The van der Waals surface area contributed by atoms with Crippen molar-refractivity contribution in [1.82, 2.24) is 9.97 Å². The SMILES string of the molecule is CC(N)(c1nc2c(F)cc(F)cc2[nH]1)C1CC1. The lowest BCUT2D eigenvalue weighted by atomic mass is 9.97. The molecule has 2 aromatic rings. The fourth-order valence-electron chi connectivity index (χ4n) is 2.17. The van der Waals surface area contributed by atoms with Gasteiger partial charge in [-0.05, 0) is 31.7 Å². The topological polar surface area (TPSA) is 54.7 Å². The number of aromatic nitrogens is 2. The predicted octanol–water partition coefficient (Wildman–Crippen LogP) is 2.43. The number of nitrogens with zero attached hydrogens (tertiary/aromatic N) is 1. The smallest absolute Gasteiger partial charge is 0.153 e. The highest BCUT2D eigenvalue weighted by molar-refractivity contribution is 5.76. The highest BCUT2D eigenvalue weighted by Crippen LogP contribution is 2.43. The Balaban J connectivity index is 2.16. The van der Waals surface area contributed by atoms with E-state index in [-0.39, 0.29) is 5.52 Å². The van der Waals surface area contributed by atoms with Crippen molar-refractivity contribution in [2.75, 3.05) is 0 Å². The summed E-state index contributed by atoms with van der Waals surface area (Å²) in [4.78, 5) is 7.09. The molecule has 0 bridgehead atoms. The Hall–Kier alpha value is -1.49. The monoisotopic (exact) mass is 237 g/mol. The number of halogens is 2. The Kier molecular flexibility index (Phi) is 2.04. The van der Waals surface area contributed by atoms with E-state index in [9.17, 15) is 8.78 Å². The molecule has 3 rings (SSSR count). The zero-order valence-electron chi connectivity index (χ0n) is 9.43. The third kappa shape index (κ3) is 1.61. The lowest BCUT2D eigenvalue weighted by Gasteiger charge is -2.21. The molecule has 1 aliphatic rings. The summed E-state index contributed by atoms with van der Waals surface area (Å²) in [7, 11) is 0. The van der Waals surface area contributed by atoms with E-state index in [1.54, 1.807) is 0 Å². The molecule has 5 heteroatoms. The van der Waals surface area contributed by atoms with Crippen molar-refractivity contribution in [1.29, 1.82) is 0 Å². The van der Waals surface area contributed by atoms with Crippen LogP contribution in [0.1, 0.15) is 25.6 Å². The molecule has 1 fully saturated rings. The number of rotatable bonds is 2. The van der Waals surface area contributed by atoms with Crippen LogP contribution in [0.4, 0.5) is 8.78 Å². The normalized spacial score (nSPS) is 19.5. The van der Waals surface area contributed by atoms with Gasteiger partial charge in [-0.15, -0.1) is 0 Å². The summed E-state index contributed by atoms with van der Waals surface area (Å²) in [5.41, 5.74) is 6.10. The Morgan fingerprint density at radius 2 is 2.12 bits per heavy atom. The molecule has 0 saturated heterocycles. The zero-order chi connectivity index (χ0) is 12.2. The van der Waals surface area contributed by atoms with Crippen molar-refractivity contribution in [2.24, 2.45) is 11.7 Å². The maximum atomic E-state index is 13.5. The number of nitrogens with two attached hydrogens (primary N) is 1. The first-order valence-corrected chi connectivity index (χ1v) is 5.62. The van der Waals surface area contributed by atoms with Crippen LogP contribution < -0.4 is 5.73 Å². The first-order chi connectivity index (χ1) is 7.98. The molecule has 90 valence electrons. The molecule has 1 aromatic heterocycles. The van der Waals surface area contributed by atoms with Gasteiger partial charge in [0.05, 0.1) is 11.1 Å². The quantitative estimate of drug-likeness (QED) is 0.842. The average molecular weight is 237 g/mol. The second kappa shape index (κ2) is 3.26. The molecule has 3 nitrogen and oxygen atoms in total. The molecule has 1 saturated carbocycles. The third-order valence-corrected chi connectivity index (χ3v) is 3.44. The molecule has 0 aliphatic heterocycles. The summed E-state index contributed by atoms with van der Waals surface area (Å²) in [5.74, 6) is -0.375. The van der Waals surface area contributed by atoms with Crippen LogP contribution in [0.2, 0.25) is 0 Å². The van der Waals surface area contributed by atoms with Gasteiger partial charge in [-0.3, -0.25) is 0 Å². The van der Waals surface area contributed by atoms with Crippen molar-refractivity contribution in [2.45, 2.75) is 25.3 Å². The van der Waals surface area contributed by atoms with Crippen molar-refractivity contribution in [3.63, 3.8) is 0 Å². The molecule has 1 unspecified atom stereocenters. The van der Waals surface area contributed by atoms with Crippen LogP contribution in [0.15, 0.2) is 12.1 Å². The summed E-state index contributed by atoms with van der Waals surface area (Å²) < 4.78 is 26.6. The van der Waals surface area contributed by atoms with Crippen molar-refractivity contribution in [3.8, 4) is 0 Å². The van der Waals surface area contributed by atoms with Gasteiger partial charge in [-0.25, -0.2) is 13.8 Å². The van der Waals surface area contributed by atoms with Gasteiger partial charge in [0.1, 0.15) is 17.2 Å². The molecule has 0 radical (unpaired) electrons. The number of imidazole rings is 1. The molecular weight excluding hydrogens is 224 g/mol. The molecule has 1 atom stereocenters. The highest BCUT2D eigenvalue weighted by atomic mass is 19.1. The Labute approximate surface area is 97.0 Å². The van der Waals surface area contributed by atoms with E-state index in [1.807, 2.05) is 6.92 Å². The van der Waals surface area contributed by atoms with Gasteiger partial charge in [-0.1, -0.05) is 0 Å². The molecule has 1 aromatic carbocycles. The molecule has 3 N–H and O–H groups in total. The van der Waals surface area contributed by atoms with Crippen molar-refractivity contribution >= 4 is 11.0 Å². The minimum Gasteiger partial charge on any atom is -0.340 e. The number of aromatic amines is 1. The lowest BCUT2D eigenvalue weighted by molar-refractivity contribution is 0.405. The number of nitrogens with one attached hydrogen (secondary N) is 1. The minimum absolute atomic E-state index is 0.152. The first-order valence-electron chi connectivity index (χ1n) is 5.62. The summed E-state index contributed by atoms with van der Waals surface area (Å²) in [5, 5.41) is 0. The van der Waals surface area contributed by atoms with Gasteiger partial charge in [0.25, 0.3) is 0 Å². The first kappa shape index (κ1) is 10.7. The Morgan fingerprint density at radius 3 is 2.76 bits per heavy atom. The Bertz CT molecular complexity index is 585. The lowest BCUT2D eigenvalue weighted by Crippen LogP contribution is -2.36. The fourth-order valence-corrected chi connectivity index (χ4v) is 2.17. The molecule has 0 spiro atoms. The van der Waals surface area contributed by atoms with E-state index in [4.69, 9.17) is 5.73 Å². The standard InChI is InChI=1S/C12H13F2N3/c1-12(15,6-2-3-6)11-16-9-5-7(13)4-8(14)10(9)17-11/h4-6H,2-3,15H2,1H3,(H,16,17). The summed E-state index contributed by atoms with van der Waals surface area (Å²) >= 11 is 0. The molecule has 0 amide bonds. The second-order valence-electron chi connectivity index (χ2n) is 4.93. The largest absolute Gasteiger partial charge is 0.340 e. The maximum Gasteiger partial charge on any atom is 0.153 e. The minimum atomic E-state index is -0.658. The van der Waals surface area contributed by atoms with Gasteiger partial charge in [0.2, 0.25) is 0 Å². The van der Waals surface area contributed by atoms with Crippen LogP contribution in [0.3, 0.4) is 0 Å².